The molecule has 0 spiro atoms. The Morgan fingerprint density at radius 1 is 1.09 bits per heavy atom. The molecule has 8 nitrogen and oxygen atoms in total. The second kappa shape index (κ2) is 9.69. The average Bonchev–Trinajstić information content (AvgIpc) is 3.15. The summed E-state index contributed by atoms with van der Waals surface area (Å²) < 4.78 is 7.55. The number of nitrogens with one attached hydrogen (secondary N) is 1. The van der Waals surface area contributed by atoms with Gasteiger partial charge >= 0.3 is 0 Å². The van der Waals surface area contributed by atoms with Crippen LogP contribution in [0.1, 0.15) is 64.6 Å². The van der Waals surface area contributed by atoms with Crippen LogP contribution in [0.5, 0.6) is 0 Å². The van der Waals surface area contributed by atoms with Crippen molar-refractivity contribution >= 4 is 17.6 Å². The third-order valence-corrected chi connectivity index (χ3v) is 6.28. The van der Waals surface area contributed by atoms with Crippen molar-refractivity contribution in [3.8, 4) is 11.3 Å². The van der Waals surface area contributed by atoms with Crippen LogP contribution >= 0.6 is 0 Å². The Bertz CT molecular complexity index is 1190. The number of hydrogen-bond acceptors (Lipinski definition) is 5. The molecule has 1 aliphatic rings. The first-order chi connectivity index (χ1) is 16.2. The van der Waals surface area contributed by atoms with E-state index in [0.29, 0.717) is 17.8 Å². The van der Waals surface area contributed by atoms with Crippen LogP contribution in [-0.4, -0.2) is 33.8 Å². The van der Waals surface area contributed by atoms with Crippen LogP contribution in [-0.2, 0) is 11.3 Å². The van der Waals surface area contributed by atoms with E-state index in [9.17, 15) is 9.59 Å². The number of hydrogen-bond donors (Lipinski definition) is 3. The number of aromatic nitrogens is 2. The normalized spacial score (nSPS) is 20.1. The number of primary amides is 1. The Hall–Kier alpha value is -3.65. The van der Waals surface area contributed by atoms with Crippen molar-refractivity contribution in [2.45, 2.75) is 58.4 Å². The molecule has 5 N–H and O–H groups in total. The van der Waals surface area contributed by atoms with Crippen LogP contribution in [0.15, 0.2) is 48.5 Å². The minimum Gasteiger partial charge on any atom is -0.383 e. The molecule has 0 aliphatic carbocycles. The van der Waals surface area contributed by atoms with Crippen LogP contribution in [0, 0.1) is 6.92 Å². The molecule has 2 amide bonds. The first-order valence-electron chi connectivity index (χ1n) is 11.5. The van der Waals surface area contributed by atoms with Crippen molar-refractivity contribution in [2.75, 3.05) is 5.73 Å². The SMILES string of the molecule is Cc1ccccc1C(=O)NCc1ccc(-c2nn(C3CC(C)OC(C)C3)c(N)c2C(N)=O)cc1. The number of nitrogens with zero attached hydrogens (tertiary/aromatic N) is 2. The molecule has 2 unspecified atom stereocenters. The third kappa shape index (κ3) is 4.82. The summed E-state index contributed by atoms with van der Waals surface area (Å²) in [5.41, 5.74) is 16.0. The van der Waals surface area contributed by atoms with Crippen molar-refractivity contribution in [3.05, 3.63) is 70.8 Å². The smallest absolute Gasteiger partial charge is 0.254 e. The number of aryl methyl sites for hydroxylation is 1. The number of nitrogen functional groups attached to an aromatic ring is 1. The zero-order valence-corrected chi connectivity index (χ0v) is 19.7. The van der Waals surface area contributed by atoms with Gasteiger partial charge in [0.05, 0.1) is 18.2 Å². The molecular weight excluding hydrogens is 430 g/mol. The maximum atomic E-state index is 12.5. The fourth-order valence-electron chi connectivity index (χ4n) is 4.63. The highest BCUT2D eigenvalue weighted by Crippen LogP contribution is 2.35. The third-order valence-electron chi connectivity index (χ3n) is 6.28. The monoisotopic (exact) mass is 461 g/mol. The molecule has 0 bridgehead atoms. The first kappa shape index (κ1) is 23.5. The number of nitrogens with two attached hydrogens (primary N) is 2. The first-order valence-corrected chi connectivity index (χ1v) is 11.5. The Balaban J connectivity index is 1.54. The number of benzene rings is 2. The Labute approximate surface area is 199 Å². The number of carbonyl (C=O) groups excluding carboxylic acids is 2. The summed E-state index contributed by atoms with van der Waals surface area (Å²) >= 11 is 0. The van der Waals surface area contributed by atoms with Gasteiger partial charge in [-0.3, -0.25) is 9.59 Å². The molecule has 178 valence electrons. The second-order valence-electron chi connectivity index (χ2n) is 8.99. The molecule has 4 rings (SSSR count). The summed E-state index contributed by atoms with van der Waals surface area (Å²) in [6.07, 6.45) is 1.67. The molecule has 1 saturated heterocycles. The zero-order valence-electron chi connectivity index (χ0n) is 19.7. The Kier molecular flexibility index (Phi) is 6.70. The van der Waals surface area contributed by atoms with Crippen molar-refractivity contribution in [1.82, 2.24) is 15.1 Å². The molecule has 1 aromatic heterocycles. The number of anilines is 1. The topological polar surface area (TPSA) is 125 Å². The van der Waals surface area contributed by atoms with Crippen molar-refractivity contribution in [2.24, 2.45) is 5.73 Å². The lowest BCUT2D eigenvalue weighted by atomic mass is 10.00. The van der Waals surface area contributed by atoms with Crippen molar-refractivity contribution < 1.29 is 14.3 Å². The molecule has 2 heterocycles. The minimum absolute atomic E-state index is 0.0292. The summed E-state index contributed by atoms with van der Waals surface area (Å²) in [7, 11) is 0. The standard InChI is InChI=1S/C26H31N5O3/c1-15-6-4-5-7-21(15)26(33)29-14-18-8-10-19(11-9-18)23-22(25(28)32)24(27)31(30-23)20-12-16(2)34-17(3)13-20/h4-11,16-17,20H,12-14,27H2,1-3H3,(H2,28,32)(H,29,33). The van der Waals surface area contributed by atoms with E-state index in [1.54, 1.807) is 10.7 Å². The Morgan fingerprint density at radius 2 is 1.74 bits per heavy atom. The van der Waals surface area contributed by atoms with Gasteiger partial charge in [-0.05, 0) is 50.8 Å². The lowest BCUT2D eigenvalue weighted by Crippen LogP contribution is -2.32. The predicted octanol–water partition coefficient (Wildman–Crippen LogP) is 3.60. The van der Waals surface area contributed by atoms with Gasteiger partial charge in [-0.15, -0.1) is 0 Å². The molecule has 1 aliphatic heterocycles. The summed E-state index contributed by atoms with van der Waals surface area (Å²) in [6, 6.07) is 15.0. The lowest BCUT2D eigenvalue weighted by molar-refractivity contribution is -0.0502. The summed E-state index contributed by atoms with van der Waals surface area (Å²) in [5, 5.41) is 7.66. The lowest BCUT2D eigenvalue weighted by Gasteiger charge is -2.32. The van der Waals surface area contributed by atoms with E-state index in [2.05, 4.69) is 5.32 Å². The van der Waals surface area contributed by atoms with Crippen molar-refractivity contribution in [3.63, 3.8) is 0 Å². The van der Waals surface area contributed by atoms with E-state index >= 15 is 0 Å². The molecule has 2 atom stereocenters. The molecule has 0 saturated carbocycles. The molecule has 0 radical (unpaired) electrons. The molecule has 1 fully saturated rings. The van der Waals surface area contributed by atoms with Gasteiger partial charge in [0.15, 0.2) is 0 Å². The van der Waals surface area contributed by atoms with Gasteiger partial charge in [0.25, 0.3) is 11.8 Å². The van der Waals surface area contributed by atoms with Gasteiger partial charge < -0.3 is 21.5 Å². The highest BCUT2D eigenvalue weighted by Gasteiger charge is 2.31. The minimum atomic E-state index is -0.610. The van der Waals surface area contributed by atoms with E-state index in [1.165, 1.54) is 0 Å². The molecule has 8 heteroatoms. The number of amides is 2. The molecular formula is C26H31N5O3. The van der Waals surface area contributed by atoms with Gasteiger partial charge in [-0.1, -0.05) is 42.5 Å². The molecule has 2 aromatic carbocycles. The maximum absolute atomic E-state index is 12.5. The zero-order chi connectivity index (χ0) is 24.4. The number of rotatable bonds is 6. The summed E-state index contributed by atoms with van der Waals surface area (Å²) in [6.45, 7) is 6.33. The van der Waals surface area contributed by atoms with Gasteiger partial charge in [0.1, 0.15) is 17.1 Å². The highest BCUT2D eigenvalue weighted by atomic mass is 16.5. The fraction of sp³-hybridized carbons (Fsp3) is 0.346. The van der Waals surface area contributed by atoms with Crippen LogP contribution in [0.3, 0.4) is 0 Å². The molecule has 3 aromatic rings. The van der Waals surface area contributed by atoms with Crippen LogP contribution in [0.25, 0.3) is 11.3 Å². The summed E-state index contributed by atoms with van der Waals surface area (Å²) in [5.74, 6) is -0.450. The van der Waals surface area contributed by atoms with E-state index in [4.69, 9.17) is 21.3 Å². The maximum Gasteiger partial charge on any atom is 0.254 e. The highest BCUT2D eigenvalue weighted by molar-refractivity contribution is 6.03. The van der Waals surface area contributed by atoms with E-state index in [1.807, 2.05) is 63.2 Å². The van der Waals surface area contributed by atoms with Gasteiger partial charge in [-0.25, -0.2) is 4.68 Å². The largest absolute Gasteiger partial charge is 0.383 e. The van der Waals surface area contributed by atoms with E-state index in [0.717, 1.165) is 29.5 Å². The van der Waals surface area contributed by atoms with Gasteiger partial charge in [0.2, 0.25) is 0 Å². The fourth-order valence-corrected chi connectivity index (χ4v) is 4.63. The van der Waals surface area contributed by atoms with Crippen molar-refractivity contribution in [1.29, 1.82) is 0 Å². The second-order valence-corrected chi connectivity index (χ2v) is 8.99. The average molecular weight is 462 g/mol. The van der Waals surface area contributed by atoms with Gasteiger partial charge in [0, 0.05) is 17.7 Å². The van der Waals surface area contributed by atoms with Crippen LogP contribution < -0.4 is 16.8 Å². The van der Waals surface area contributed by atoms with E-state index < -0.39 is 5.91 Å². The number of ether oxygens (including phenoxy) is 1. The number of carbonyl (C=O) groups is 2. The van der Waals surface area contributed by atoms with E-state index in [-0.39, 0.29) is 35.5 Å². The summed E-state index contributed by atoms with van der Waals surface area (Å²) in [4.78, 5) is 24.7. The van der Waals surface area contributed by atoms with Gasteiger partial charge in [-0.2, -0.15) is 5.10 Å². The van der Waals surface area contributed by atoms with Crippen LogP contribution in [0.4, 0.5) is 5.82 Å². The Morgan fingerprint density at radius 3 is 2.35 bits per heavy atom. The predicted molar refractivity (Wildman–Crippen MR) is 131 cm³/mol. The molecule has 34 heavy (non-hydrogen) atoms. The quantitative estimate of drug-likeness (QED) is 0.517. The van der Waals surface area contributed by atoms with Crippen LogP contribution in [0.2, 0.25) is 0 Å².